The minimum Gasteiger partial charge on any atom is -0.466 e. The van der Waals surface area contributed by atoms with E-state index in [9.17, 15) is 9.59 Å². The van der Waals surface area contributed by atoms with E-state index in [0.717, 1.165) is 16.5 Å². The van der Waals surface area contributed by atoms with Crippen molar-refractivity contribution in [2.75, 3.05) is 7.11 Å². The highest BCUT2D eigenvalue weighted by Gasteiger charge is 2.03. The molecule has 0 aliphatic heterocycles. The lowest BCUT2D eigenvalue weighted by Gasteiger charge is -2.03. The van der Waals surface area contributed by atoms with Gasteiger partial charge in [0.2, 0.25) is 0 Å². The summed E-state index contributed by atoms with van der Waals surface area (Å²) in [5, 5.41) is 1.47. The number of esters is 1. The van der Waals surface area contributed by atoms with Gasteiger partial charge in [0.25, 0.3) is 5.56 Å². The number of hydrogen-bond acceptors (Lipinski definition) is 3. The summed E-state index contributed by atoms with van der Waals surface area (Å²) in [7, 11) is 1.33. The molecule has 0 fully saturated rings. The van der Waals surface area contributed by atoms with Crippen LogP contribution in [-0.4, -0.2) is 18.1 Å². The van der Waals surface area contributed by atoms with Crippen molar-refractivity contribution in [1.29, 1.82) is 0 Å². The van der Waals surface area contributed by atoms with Crippen LogP contribution >= 0.6 is 0 Å². The van der Waals surface area contributed by atoms with E-state index in [-0.39, 0.29) is 5.56 Å². The number of H-pyrrole nitrogens is 1. The third kappa shape index (κ3) is 2.32. The lowest BCUT2D eigenvalue weighted by atomic mass is 10.0. The summed E-state index contributed by atoms with van der Waals surface area (Å²) in [6, 6.07) is 7.33. The molecule has 92 valence electrons. The third-order valence-corrected chi connectivity index (χ3v) is 2.77. The number of methoxy groups -OCH3 is 1. The van der Waals surface area contributed by atoms with Crippen molar-refractivity contribution in [2.24, 2.45) is 0 Å². The molecule has 0 aliphatic rings. The van der Waals surface area contributed by atoms with Crippen LogP contribution in [0.1, 0.15) is 12.5 Å². The first kappa shape index (κ1) is 12.1. The number of allylic oxidation sites excluding steroid dienone is 1. The van der Waals surface area contributed by atoms with Gasteiger partial charge in [0.1, 0.15) is 0 Å². The molecule has 0 saturated heterocycles. The minimum absolute atomic E-state index is 0.139. The zero-order valence-corrected chi connectivity index (χ0v) is 10.2. The van der Waals surface area contributed by atoms with Crippen LogP contribution in [-0.2, 0) is 9.53 Å². The molecular weight excluding hydrogens is 230 g/mol. The Bertz CT molecular complexity index is 683. The Labute approximate surface area is 104 Å². The maximum Gasteiger partial charge on any atom is 0.330 e. The zero-order chi connectivity index (χ0) is 13.1. The van der Waals surface area contributed by atoms with Crippen molar-refractivity contribution < 1.29 is 9.53 Å². The Morgan fingerprint density at radius 3 is 2.83 bits per heavy atom. The maximum absolute atomic E-state index is 11.7. The largest absolute Gasteiger partial charge is 0.466 e. The average molecular weight is 243 g/mol. The second-order valence-electron chi connectivity index (χ2n) is 3.96. The predicted octanol–water partition coefficient (Wildman–Crippen LogP) is 2.10. The Morgan fingerprint density at radius 2 is 2.11 bits per heavy atom. The molecule has 0 amide bonds. The number of aromatic nitrogens is 1. The van der Waals surface area contributed by atoms with E-state index in [4.69, 9.17) is 0 Å². The van der Waals surface area contributed by atoms with Gasteiger partial charge < -0.3 is 9.72 Å². The van der Waals surface area contributed by atoms with E-state index < -0.39 is 5.97 Å². The number of benzene rings is 1. The number of nitrogens with one attached hydrogen (secondary N) is 1. The van der Waals surface area contributed by atoms with Gasteiger partial charge in [0.05, 0.1) is 7.11 Å². The Morgan fingerprint density at radius 1 is 1.33 bits per heavy atom. The summed E-state index contributed by atoms with van der Waals surface area (Å²) in [6.45, 7) is 1.80. The lowest BCUT2D eigenvalue weighted by Crippen LogP contribution is -2.04. The molecule has 0 radical (unpaired) electrons. The highest BCUT2D eigenvalue weighted by atomic mass is 16.5. The number of pyridine rings is 1. The van der Waals surface area contributed by atoms with Crippen molar-refractivity contribution in [1.82, 2.24) is 4.98 Å². The maximum atomic E-state index is 11.7. The molecule has 0 saturated carbocycles. The molecule has 1 heterocycles. The number of rotatable bonds is 2. The Kier molecular flexibility index (Phi) is 3.28. The van der Waals surface area contributed by atoms with Crippen LogP contribution < -0.4 is 5.56 Å². The van der Waals surface area contributed by atoms with Crippen LogP contribution in [0.25, 0.3) is 16.3 Å². The quantitative estimate of drug-likeness (QED) is 0.649. The number of hydrogen-bond donors (Lipinski definition) is 1. The summed E-state index contributed by atoms with van der Waals surface area (Å²) >= 11 is 0. The van der Waals surface area contributed by atoms with Crippen molar-refractivity contribution in [3.05, 3.63) is 52.5 Å². The number of carbonyl (C=O) groups excluding carboxylic acids is 1. The normalized spacial score (nSPS) is 11.6. The molecule has 0 unspecified atom stereocenters. The monoisotopic (exact) mass is 243 g/mol. The fourth-order valence-corrected chi connectivity index (χ4v) is 1.75. The average Bonchev–Trinajstić information content (AvgIpc) is 2.38. The highest BCUT2D eigenvalue weighted by molar-refractivity contribution is 5.93. The number of carbonyl (C=O) groups is 1. The van der Waals surface area contributed by atoms with Crippen LogP contribution in [0.4, 0.5) is 0 Å². The number of aromatic amines is 1. The molecule has 0 aliphatic carbocycles. The second-order valence-corrected chi connectivity index (χ2v) is 3.96. The van der Waals surface area contributed by atoms with Gasteiger partial charge in [-0.3, -0.25) is 4.79 Å². The van der Waals surface area contributed by atoms with Gasteiger partial charge in [-0.25, -0.2) is 4.79 Å². The third-order valence-electron chi connectivity index (χ3n) is 2.77. The van der Waals surface area contributed by atoms with E-state index in [1.165, 1.54) is 13.2 Å². The van der Waals surface area contributed by atoms with E-state index in [1.54, 1.807) is 19.2 Å². The molecule has 18 heavy (non-hydrogen) atoms. The highest BCUT2D eigenvalue weighted by Crippen LogP contribution is 2.18. The van der Waals surface area contributed by atoms with Crippen molar-refractivity contribution in [3.63, 3.8) is 0 Å². The topological polar surface area (TPSA) is 59.2 Å². The van der Waals surface area contributed by atoms with Gasteiger partial charge in [0.15, 0.2) is 0 Å². The number of ether oxygens (including phenoxy) is 1. The molecule has 4 heteroatoms. The van der Waals surface area contributed by atoms with E-state index >= 15 is 0 Å². The van der Waals surface area contributed by atoms with Crippen LogP contribution in [0.15, 0.2) is 41.3 Å². The molecule has 1 aromatic carbocycles. The van der Waals surface area contributed by atoms with Gasteiger partial charge in [-0.15, -0.1) is 0 Å². The lowest BCUT2D eigenvalue weighted by molar-refractivity contribution is -0.134. The SMILES string of the molecule is COC(=O)/C=C(\C)c1ccc2cc[nH]c(=O)c2c1. The van der Waals surface area contributed by atoms with Crippen LogP contribution in [0.5, 0.6) is 0 Å². The van der Waals surface area contributed by atoms with Gasteiger partial charge in [-0.1, -0.05) is 12.1 Å². The first-order chi connectivity index (χ1) is 8.61. The smallest absolute Gasteiger partial charge is 0.330 e. The minimum atomic E-state index is -0.408. The Balaban J connectivity index is 2.54. The summed E-state index contributed by atoms with van der Waals surface area (Å²) in [5.41, 5.74) is 1.44. The molecule has 0 bridgehead atoms. The van der Waals surface area contributed by atoms with E-state index in [1.807, 2.05) is 18.2 Å². The van der Waals surface area contributed by atoms with Crippen LogP contribution in [0, 0.1) is 0 Å². The zero-order valence-electron chi connectivity index (χ0n) is 10.2. The van der Waals surface area contributed by atoms with Gasteiger partial charge in [0, 0.05) is 17.7 Å². The molecule has 1 aromatic heterocycles. The van der Waals surface area contributed by atoms with E-state index in [2.05, 4.69) is 9.72 Å². The molecule has 4 nitrogen and oxygen atoms in total. The molecule has 1 N–H and O–H groups in total. The van der Waals surface area contributed by atoms with Crippen molar-refractivity contribution >= 4 is 22.3 Å². The molecule has 2 rings (SSSR count). The van der Waals surface area contributed by atoms with Gasteiger partial charge in [-0.05, 0) is 35.6 Å². The predicted molar refractivity (Wildman–Crippen MR) is 70.2 cm³/mol. The first-order valence-corrected chi connectivity index (χ1v) is 5.50. The van der Waals surface area contributed by atoms with Crippen molar-refractivity contribution in [2.45, 2.75) is 6.92 Å². The molecule has 0 atom stereocenters. The molecule has 0 spiro atoms. The summed E-state index contributed by atoms with van der Waals surface area (Å²) in [5.74, 6) is -0.408. The number of fused-ring (bicyclic) bond motifs is 1. The van der Waals surface area contributed by atoms with Gasteiger partial charge in [-0.2, -0.15) is 0 Å². The summed E-state index contributed by atoms with van der Waals surface area (Å²) < 4.78 is 4.57. The van der Waals surface area contributed by atoms with Crippen LogP contribution in [0.3, 0.4) is 0 Å². The van der Waals surface area contributed by atoms with Crippen molar-refractivity contribution in [3.8, 4) is 0 Å². The molecular formula is C14H13NO3. The second kappa shape index (κ2) is 4.87. The van der Waals surface area contributed by atoms with E-state index in [0.29, 0.717) is 5.39 Å². The van der Waals surface area contributed by atoms with Gasteiger partial charge >= 0.3 is 5.97 Å². The molecule has 2 aromatic rings. The summed E-state index contributed by atoms with van der Waals surface area (Å²) in [6.07, 6.45) is 3.01. The van der Waals surface area contributed by atoms with Crippen LogP contribution in [0.2, 0.25) is 0 Å². The fraction of sp³-hybridized carbons (Fsp3) is 0.143. The Hall–Kier alpha value is -2.36. The summed E-state index contributed by atoms with van der Waals surface area (Å²) in [4.78, 5) is 25.5. The standard InChI is InChI=1S/C14H13NO3/c1-9(7-13(16)18-2)11-4-3-10-5-6-15-14(17)12(10)8-11/h3-8H,1-2H3,(H,15,17)/b9-7+. The first-order valence-electron chi connectivity index (χ1n) is 5.50. The fourth-order valence-electron chi connectivity index (χ4n) is 1.75.